The second kappa shape index (κ2) is 7.55. The van der Waals surface area contributed by atoms with E-state index < -0.39 is 0 Å². The van der Waals surface area contributed by atoms with Gasteiger partial charge >= 0.3 is 0 Å². The summed E-state index contributed by atoms with van der Waals surface area (Å²) < 4.78 is 7.05. The van der Waals surface area contributed by atoms with Gasteiger partial charge in [-0.25, -0.2) is 4.98 Å². The number of nitrogens with zero attached hydrogens (tertiary/aromatic N) is 2. The number of fused-ring (bicyclic) bond motifs is 2. The summed E-state index contributed by atoms with van der Waals surface area (Å²) in [6.45, 7) is 1.70. The Labute approximate surface area is 169 Å². The Morgan fingerprint density at radius 3 is 2.79 bits per heavy atom. The van der Waals surface area contributed by atoms with Crippen LogP contribution in [0.5, 0.6) is 5.75 Å². The number of rotatable bonds is 4. The molecule has 0 unspecified atom stereocenters. The van der Waals surface area contributed by atoms with Crippen molar-refractivity contribution in [3.05, 3.63) is 58.6 Å². The van der Waals surface area contributed by atoms with Gasteiger partial charge in [-0.05, 0) is 67.5 Å². The van der Waals surface area contributed by atoms with Crippen molar-refractivity contribution >= 4 is 27.5 Å². The lowest BCUT2D eigenvalue weighted by molar-refractivity contribution is -0.134. The molecule has 1 fully saturated rings. The molecular weight excluding hydrogens is 368 g/mol. The van der Waals surface area contributed by atoms with E-state index in [1.807, 2.05) is 17.0 Å². The predicted octanol–water partition coefficient (Wildman–Crippen LogP) is 4.57. The Balaban J connectivity index is 1.15. The molecule has 1 aliphatic heterocycles. The molecule has 1 aliphatic carbocycles. The van der Waals surface area contributed by atoms with Crippen LogP contribution in [-0.2, 0) is 17.6 Å². The first kappa shape index (κ1) is 17.7. The molecule has 144 valence electrons. The van der Waals surface area contributed by atoms with E-state index in [2.05, 4.69) is 30.3 Å². The van der Waals surface area contributed by atoms with E-state index in [9.17, 15) is 4.79 Å². The minimum Gasteiger partial charge on any atom is -0.484 e. The number of thiazole rings is 1. The Bertz CT molecular complexity index is 972. The molecule has 3 aromatic rings. The van der Waals surface area contributed by atoms with E-state index >= 15 is 0 Å². The quantitative estimate of drug-likeness (QED) is 0.653. The minimum atomic E-state index is 0.0863. The Hall–Kier alpha value is -2.40. The highest BCUT2D eigenvalue weighted by Crippen LogP contribution is 2.34. The van der Waals surface area contributed by atoms with Crippen LogP contribution in [0.4, 0.5) is 0 Å². The number of aryl methyl sites for hydroxylation is 2. The lowest BCUT2D eigenvalue weighted by atomic mass is 9.97. The zero-order valence-electron chi connectivity index (χ0n) is 15.9. The van der Waals surface area contributed by atoms with Crippen molar-refractivity contribution in [1.82, 2.24) is 9.88 Å². The maximum atomic E-state index is 12.6. The number of benzene rings is 2. The summed E-state index contributed by atoms with van der Waals surface area (Å²) >= 11 is 1.79. The number of para-hydroxylation sites is 1. The molecule has 28 heavy (non-hydrogen) atoms. The molecule has 1 aromatic heterocycles. The summed E-state index contributed by atoms with van der Waals surface area (Å²) in [5, 5.41) is 1.21. The topological polar surface area (TPSA) is 42.4 Å². The molecule has 0 saturated carbocycles. The van der Waals surface area contributed by atoms with Gasteiger partial charge in [0.1, 0.15) is 5.75 Å². The van der Waals surface area contributed by atoms with Crippen molar-refractivity contribution in [3.63, 3.8) is 0 Å². The van der Waals surface area contributed by atoms with Crippen LogP contribution in [0.15, 0.2) is 42.5 Å². The standard InChI is InChI=1S/C23H24N2O2S/c26-22(15-27-19-9-8-16-4-3-5-18(16)14-19)25-12-10-17(11-13-25)23-24-20-6-1-2-7-21(20)28-23/h1-2,6-9,14,17H,3-5,10-13,15H2. The smallest absolute Gasteiger partial charge is 0.260 e. The molecule has 2 aromatic carbocycles. The zero-order chi connectivity index (χ0) is 18.9. The van der Waals surface area contributed by atoms with Crippen LogP contribution in [0.1, 0.15) is 41.3 Å². The van der Waals surface area contributed by atoms with Gasteiger partial charge in [-0.3, -0.25) is 4.79 Å². The van der Waals surface area contributed by atoms with Gasteiger partial charge in [-0.1, -0.05) is 18.2 Å². The van der Waals surface area contributed by atoms with Gasteiger partial charge in [-0.15, -0.1) is 11.3 Å². The average Bonchev–Trinajstić information content (AvgIpc) is 3.38. The number of carbonyl (C=O) groups excluding carboxylic acids is 1. The molecule has 0 radical (unpaired) electrons. The maximum Gasteiger partial charge on any atom is 0.260 e. The van der Waals surface area contributed by atoms with E-state index in [1.165, 1.54) is 27.3 Å². The Morgan fingerprint density at radius 2 is 1.93 bits per heavy atom. The molecule has 5 rings (SSSR count). The highest BCUT2D eigenvalue weighted by Gasteiger charge is 2.26. The number of hydrogen-bond donors (Lipinski definition) is 0. The summed E-state index contributed by atoms with van der Waals surface area (Å²) in [5.41, 5.74) is 3.89. The molecule has 0 atom stereocenters. The Morgan fingerprint density at radius 1 is 1.11 bits per heavy atom. The van der Waals surface area contributed by atoms with Gasteiger partial charge in [0.05, 0.1) is 15.2 Å². The molecule has 2 heterocycles. The number of aromatic nitrogens is 1. The number of ether oxygens (including phenoxy) is 1. The number of likely N-dealkylation sites (tertiary alicyclic amines) is 1. The first-order valence-electron chi connectivity index (χ1n) is 10.1. The first-order valence-corrected chi connectivity index (χ1v) is 11.0. The lowest BCUT2D eigenvalue weighted by Crippen LogP contribution is -2.40. The second-order valence-electron chi connectivity index (χ2n) is 7.75. The van der Waals surface area contributed by atoms with E-state index in [1.54, 1.807) is 11.3 Å². The van der Waals surface area contributed by atoms with Crippen LogP contribution >= 0.6 is 11.3 Å². The van der Waals surface area contributed by atoms with E-state index in [4.69, 9.17) is 9.72 Å². The highest BCUT2D eigenvalue weighted by atomic mass is 32.1. The summed E-state index contributed by atoms with van der Waals surface area (Å²) in [6, 6.07) is 14.5. The van der Waals surface area contributed by atoms with E-state index in [0.29, 0.717) is 5.92 Å². The third-order valence-electron chi connectivity index (χ3n) is 5.94. The van der Waals surface area contributed by atoms with Crippen LogP contribution in [0.2, 0.25) is 0 Å². The summed E-state index contributed by atoms with van der Waals surface area (Å²) in [6.07, 6.45) is 5.47. The number of piperidine rings is 1. The number of carbonyl (C=O) groups is 1. The molecule has 1 saturated heterocycles. The van der Waals surface area contributed by atoms with E-state index in [0.717, 1.165) is 50.0 Å². The third-order valence-corrected chi connectivity index (χ3v) is 7.14. The number of hydrogen-bond acceptors (Lipinski definition) is 4. The van der Waals surface area contributed by atoms with Crippen molar-refractivity contribution in [2.45, 2.75) is 38.0 Å². The van der Waals surface area contributed by atoms with Crippen LogP contribution in [0, 0.1) is 0 Å². The highest BCUT2D eigenvalue weighted by molar-refractivity contribution is 7.18. The fraction of sp³-hybridized carbons (Fsp3) is 0.391. The average molecular weight is 393 g/mol. The van der Waals surface area contributed by atoms with Crippen LogP contribution in [0.3, 0.4) is 0 Å². The van der Waals surface area contributed by atoms with Crippen molar-refractivity contribution in [2.24, 2.45) is 0 Å². The summed E-state index contributed by atoms with van der Waals surface area (Å²) in [7, 11) is 0. The minimum absolute atomic E-state index is 0.0863. The molecule has 4 nitrogen and oxygen atoms in total. The predicted molar refractivity (Wildman–Crippen MR) is 112 cm³/mol. The second-order valence-corrected chi connectivity index (χ2v) is 8.81. The van der Waals surface area contributed by atoms with Gasteiger partial charge in [0.2, 0.25) is 0 Å². The lowest BCUT2D eigenvalue weighted by Gasteiger charge is -2.31. The van der Waals surface area contributed by atoms with Crippen LogP contribution in [0.25, 0.3) is 10.2 Å². The van der Waals surface area contributed by atoms with Crippen LogP contribution < -0.4 is 4.74 Å². The van der Waals surface area contributed by atoms with Gasteiger partial charge in [0.25, 0.3) is 5.91 Å². The molecule has 0 N–H and O–H groups in total. The van der Waals surface area contributed by atoms with Crippen molar-refractivity contribution in [1.29, 1.82) is 0 Å². The molecule has 2 aliphatic rings. The van der Waals surface area contributed by atoms with Crippen molar-refractivity contribution in [3.8, 4) is 5.75 Å². The van der Waals surface area contributed by atoms with Gasteiger partial charge in [0, 0.05) is 19.0 Å². The molecule has 0 spiro atoms. The molecular formula is C23H24N2O2S. The van der Waals surface area contributed by atoms with Crippen molar-refractivity contribution < 1.29 is 9.53 Å². The van der Waals surface area contributed by atoms with Gasteiger partial charge in [-0.2, -0.15) is 0 Å². The zero-order valence-corrected chi connectivity index (χ0v) is 16.7. The monoisotopic (exact) mass is 392 g/mol. The summed E-state index contributed by atoms with van der Waals surface area (Å²) in [5.74, 6) is 1.36. The van der Waals surface area contributed by atoms with Gasteiger partial charge < -0.3 is 9.64 Å². The fourth-order valence-corrected chi connectivity index (χ4v) is 5.45. The van der Waals surface area contributed by atoms with Crippen LogP contribution in [-0.4, -0.2) is 35.5 Å². The first-order chi connectivity index (χ1) is 13.8. The van der Waals surface area contributed by atoms with E-state index in [-0.39, 0.29) is 12.5 Å². The normalized spacial score (nSPS) is 17.1. The summed E-state index contributed by atoms with van der Waals surface area (Å²) in [4.78, 5) is 19.3. The fourth-order valence-electron chi connectivity index (χ4n) is 4.31. The SMILES string of the molecule is O=C(COc1ccc2c(c1)CCC2)N1CCC(c2nc3ccccc3s2)CC1. The van der Waals surface area contributed by atoms with Crippen molar-refractivity contribution in [2.75, 3.05) is 19.7 Å². The molecule has 5 heteroatoms. The Kier molecular flexibility index (Phi) is 4.77. The molecule has 1 amide bonds. The van der Waals surface area contributed by atoms with Gasteiger partial charge in [0.15, 0.2) is 6.61 Å². The number of amides is 1. The molecule has 0 bridgehead atoms. The maximum absolute atomic E-state index is 12.6. The largest absolute Gasteiger partial charge is 0.484 e. The third kappa shape index (κ3) is 3.51.